The minimum atomic E-state index is -1.07. The third-order valence-electron chi connectivity index (χ3n) is 6.66. The molecule has 2 N–H and O–H groups in total. The lowest BCUT2D eigenvalue weighted by Gasteiger charge is -2.31. The Bertz CT molecular complexity index is 1480. The summed E-state index contributed by atoms with van der Waals surface area (Å²) in [5, 5.41) is 36.6. The first kappa shape index (κ1) is 30.6. The molecular formula is C32H33N3O6. The Labute approximate surface area is 239 Å². The second kappa shape index (κ2) is 13.5. The van der Waals surface area contributed by atoms with Crippen molar-refractivity contribution in [1.82, 2.24) is 4.90 Å². The fourth-order valence-corrected chi connectivity index (χ4v) is 4.77. The van der Waals surface area contributed by atoms with Crippen LogP contribution in [-0.2, 0) is 14.3 Å². The van der Waals surface area contributed by atoms with Gasteiger partial charge in [0.25, 0.3) is 0 Å². The maximum Gasteiger partial charge on any atom is 0.410 e. The van der Waals surface area contributed by atoms with Gasteiger partial charge < -0.3 is 19.8 Å². The van der Waals surface area contributed by atoms with E-state index in [9.17, 15) is 24.6 Å². The molecule has 2 aromatic rings. The first-order valence-electron chi connectivity index (χ1n) is 13.3. The molecule has 0 aromatic heterocycles. The lowest BCUT2D eigenvalue weighted by molar-refractivity contribution is -0.133. The standard InChI is InChI=1S/C18H20N2O4.C14H13NO2/c1-18(2,3)24-17(23)20-8-7-14(15(11-20)16(21)22)13-6-4-5-12(9-13)10-19;15-9-10-4-3-5-11(8-10)12-6-1-2-7-13(12)14(16)17/h4-6,9H,7-8,11H2,1-3H3,(H,21,22);3-5,8H,1-2,6-7H2,(H,16,17). The minimum absolute atomic E-state index is 0.0175. The van der Waals surface area contributed by atoms with Crippen LogP contribution in [0.2, 0.25) is 0 Å². The number of amides is 1. The number of hydrogen-bond acceptors (Lipinski definition) is 6. The van der Waals surface area contributed by atoms with Crippen LogP contribution in [0.1, 0.15) is 75.1 Å². The summed E-state index contributed by atoms with van der Waals surface area (Å²) in [6.45, 7) is 5.65. The number of rotatable bonds is 4. The molecule has 0 fully saturated rings. The van der Waals surface area contributed by atoms with Gasteiger partial charge in [0.15, 0.2) is 0 Å². The fraction of sp³-hybridized carbons (Fsp3) is 0.344. The summed E-state index contributed by atoms with van der Waals surface area (Å²) in [6.07, 6.45) is 3.24. The Morgan fingerprint density at radius 3 is 1.80 bits per heavy atom. The molecular weight excluding hydrogens is 522 g/mol. The molecule has 41 heavy (non-hydrogen) atoms. The number of aliphatic carboxylic acids is 2. The zero-order valence-electron chi connectivity index (χ0n) is 23.4. The monoisotopic (exact) mass is 555 g/mol. The number of ether oxygens (including phenoxy) is 1. The van der Waals surface area contributed by atoms with Crippen molar-refractivity contribution in [2.24, 2.45) is 0 Å². The second-order valence-corrected chi connectivity index (χ2v) is 10.8. The summed E-state index contributed by atoms with van der Waals surface area (Å²) < 4.78 is 5.31. The molecule has 1 heterocycles. The van der Waals surface area contributed by atoms with Gasteiger partial charge in [0.1, 0.15) is 5.60 Å². The quantitative estimate of drug-likeness (QED) is 0.465. The Kier molecular flexibility index (Phi) is 10.1. The van der Waals surface area contributed by atoms with E-state index in [0.717, 1.165) is 30.4 Å². The number of carbonyl (C=O) groups excluding carboxylic acids is 1. The first-order valence-corrected chi connectivity index (χ1v) is 13.3. The molecule has 1 aliphatic carbocycles. The number of benzene rings is 2. The SMILES string of the molecule is CC(C)(C)OC(=O)N1CCC(c2cccc(C#N)c2)=C(C(=O)O)C1.N#Cc1cccc(C2=C(C(=O)O)CCCC2)c1. The lowest BCUT2D eigenvalue weighted by Crippen LogP contribution is -2.41. The van der Waals surface area contributed by atoms with Gasteiger partial charge in [0.2, 0.25) is 0 Å². The highest BCUT2D eigenvalue weighted by molar-refractivity contribution is 5.98. The van der Waals surface area contributed by atoms with E-state index in [2.05, 4.69) is 6.07 Å². The van der Waals surface area contributed by atoms with E-state index < -0.39 is 23.6 Å². The zero-order chi connectivity index (χ0) is 30.2. The van der Waals surface area contributed by atoms with Crippen LogP contribution in [0.4, 0.5) is 4.79 Å². The van der Waals surface area contributed by atoms with Gasteiger partial charge in [-0.2, -0.15) is 10.5 Å². The number of nitrogens with zero attached hydrogens (tertiary/aromatic N) is 3. The minimum Gasteiger partial charge on any atom is -0.478 e. The van der Waals surface area contributed by atoms with E-state index in [1.165, 1.54) is 4.90 Å². The molecule has 9 heteroatoms. The molecule has 0 saturated carbocycles. The van der Waals surface area contributed by atoms with Gasteiger partial charge >= 0.3 is 18.0 Å². The van der Waals surface area contributed by atoms with Crippen molar-refractivity contribution in [1.29, 1.82) is 10.5 Å². The molecule has 4 rings (SSSR count). The summed E-state index contributed by atoms with van der Waals surface area (Å²) in [6, 6.07) is 18.1. The number of nitriles is 2. The van der Waals surface area contributed by atoms with Crippen molar-refractivity contribution in [3.05, 3.63) is 81.9 Å². The molecule has 0 unspecified atom stereocenters. The summed E-state index contributed by atoms with van der Waals surface area (Å²) in [4.78, 5) is 36.4. The molecule has 212 valence electrons. The average molecular weight is 556 g/mol. The van der Waals surface area contributed by atoms with Crippen LogP contribution in [0.15, 0.2) is 59.7 Å². The highest BCUT2D eigenvalue weighted by atomic mass is 16.6. The Balaban J connectivity index is 0.000000239. The van der Waals surface area contributed by atoms with Crippen LogP contribution in [0.3, 0.4) is 0 Å². The topological polar surface area (TPSA) is 152 Å². The lowest BCUT2D eigenvalue weighted by atomic mass is 9.87. The van der Waals surface area contributed by atoms with Crippen molar-refractivity contribution in [3.8, 4) is 12.1 Å². The van der Waals surface area contributed by atoms with Crippen LogP contribution < -0.4 is 0 Å². The van der Waals surface area contributed by atoms with Gasteiger partial charge in [-0.25, -0.2) is 14.4 Å². The number of carboxylic acids is 2. The fourth-order valence-electron chi connectivity index (χ4n) is 4.77. The van der Waals surface area contributed by atoms with Gasteiger partial charge in [0, 0.05) is 12.1 Å². The third kappa shape index (κ3) is 8.30. The Morgan fingerprint density at radius 2 is 1.32 bits per heavy atom. The average Bonchev–Trinajstić information content (AvgIpc) is 2.96. The zero-order valence-corrected chi connectivity index (χ0v) is 23.4. The van der Waals surface area contributed by atoms with Crippen LogP contribution in [-0.4, -0.2) is 51.8 Å². The smallest absolute Gasteiger partial charge is 0.410 e. The Morgan fingerprint density at radius 1 is 0.805 bits per heavy atom. The van der Waals surface area contributed by atoms with Gasteiger partial charge in [0.05, 0.1) is 35.4 Å². The van der Waals surface area contributed by atoms with Crippen LogP contribution in [0, 0.1) is 22.7 Å². The van der Waals surface area contributed by atoms with E-state index in [-0.39, 0.29) is 12.1 Å². The normalized spacial score (nSPS) is 15.2. The van der Waals surface area contributed by atoms with Crippen LogP contribution >= 0.6 is 0 Å². The summed E-state index contributed by atoms with van der Waals surface area (Å²) in [5.74, 6) is -1.90. The molecule has 0 atom stereocenters. The highest BCUT2D eigenvalue weighted by Gasteiger charge is 2.30. The second-order valence-electron chi connectivity index (χ2n) is 10.8. The molecule has 9 nitrogen and oxygen atoms in total. The molecule has 2 aromatic carbocycles. The first-order chi connectivity index (χ1) is 19.4. The maximum absolute atomic E-state index is 12.2. The molecule has 1 amide bonds. The molecule has 0 bridgehead atoms. The highest BCUT2D eigenvalue weighted by Crippen LogP contribution is 2.33. The van der Waals surface area contributed by atoms with Crippen molar-refractivity contribution < 1.29 is 29.3 Å². The molecule has 2 aliphatic rings. The number of carboxylic acid groups (broad SMARTS) is 2. The predicted octanol–water partition coefficient (Wildman–Crippen LogP) is 6.01. The van der Waals surface area contributed by atoms with Crippen LogP contribution in [0.25, 0.3) is 11.1 Å². The van der Waals surface area contributed by atoms with Crippen molar-refractivity contribution in [2.75, 3.05) is 13.1 Å². The van der Waals surface area contributed by atoms with Crippen molar-refractivity contribution >= 4 is 29.2 Å². The number of allylic oxidation sites excluding steroid dienone is 1. The largest absolute Gasteiger partial charge is 0.478 e. The van der Waals surface area contributed by atoms with E-state index in [4.69, 9.17) is 15.3 Å². The van der Waals surface area contributed by atoms with E-state index in [0.29, 0.717) is 47.2 Å². The van der Waals surface area contributed by atoms with Crippen LogP contribution in [0.5, 0.6) is 0 Å². The van der Waals surface area contributed by atoms with Crippen molar-refractivity contribution in [3.63, 3.8) is 0 Å². The van der Waals surface area contributed by atoms with E-state index in [1.807, 2.05) is 12.1 Å². The van der Waals surface area contributed by atoms with E-state index in [1.54, 1.807) is 63.2 Å². The van der Waals surface area contributed by atoms with Gasteiger partial charge in [-0.05, 0) is 99.4 Å². The molecule has 0 saturated heterocycles. The third-order valence-corrected chi connectivity index (χ3v) is 6.66. The molecule has 1 aliphatic heterocycles. The predicted molar refractivity (Wildman–Crippen MR) is 152 cm³/mol. The van der Waals surface area contributed by atoms with Gasteiger partial charge in [-0.1, -0.05) is 24.3 Å². The number of carbonyl (C=O) groups is 3. The van der Waals surface area contributed by atoms with Gasteiger partial charge in [-0.3, -0.25) is 0 Å². The van der Waals surface area contributed by atoms with E-state index >= 15 is 0 Å². The molecule has 0 spiro atoms. The van der Waals surface area contributed by atoms with Gasteiger partial charge in [-0.15, -0.1) is 0 Å². The summed E-state index contributed by atoms with van der Waals surface area (Å²) >= 11 is 0. The molecule has 0 radical (unpaired) electrons. The maximum atomic E-state index is 12.2. The summed E-state index contributed by atoms with van der Waals surface area (Å²) in [5.41, 5.74) is 4.20. The Hall–Kier alpha value is -4.89. The van der Waals surface area contributed by atoms with Crippen molar-refractivity contribution in [2.45, 2.75) is 58.5 Å². The number of hydrogen-bond donors (Lipinski definition) is 2. The summed E-state index contributed by atoms with van der Waals surface area (Å²) in [7, 11) is 0.